The molecule has 36 heavy (non-hydrogen) atoms. The summed E-state index contributed by atoms with van der Waals surface area (Å²) in [6.07, 6.45) is 1.40. The van der Waals surface area contributed by atoms with Gasteiger partial charge < -0.3 is 20.1 Å². The van der Waals surface area contributed by atoms with E-state index in [1.807, 2.05) is 38.1 Å². The second-order valence-electron chi connectivity index (χ2n) is 7.77. The van der Waals surface area contributed by atoms with Gasteiger partial charge in [0.05, 0.1) is 12.8 Å². The minimum Gasteiger partial charge on any atom is -0.490 e. The number of amides is 3. The van der Waals surface area contributed by atoms with E-state index in [1.54, 1.807) is 42.5 Å². The number of ether oxygens (including phenoxy) is 2. The van der Waals surface area contributed by atoms with Gasteiger partial charge in [-0.1, -0.05) is 24.3 Å². The van der Waals surface area contributed by atoms with Gasteiger partial charge >= 0.3 is 11.8 Å². The van der Waals surface area contributed by atoms with Crippen LogP contribution in [-0.4, -0.2) is 30.5 Å². The number of hydrazone groups is 1. The van der Waals surface area contributed by atoms with Crippen molar-refractivity contribution in [3.05, 3.63) is 83.4 Å². The van der Waals surface area contributed by atoms with Gasteiger partial charge in [0, 0.05) is 18.3 Å². The lowest BCUT2D eigenvalue weighted by atomic mass is 10.1. The number of nitrogens with one attached hydrogen (secondary N) is 3. The maximum absolute atomic E-state index is 12.1. The number of carbonyl (C=O) groups is 3. The Morgan fingerprint density at radius 1 is 0.861 bits per heavy atom. The molecular formula is C27H28N4O5. The Morgan fingerprint density at radius 3 is 2.22 bits per heavy atom. The minimum atomic E-state index is -0.930. The van der Waals surface area contributed by atoms with Crippen molar-refractivity contribution in [2.75, 3.05) is 17.2 Å². The van der Waals surface area contributed by atoms with Gasteiger partial charge in [-0.3, -0.25) is 14.4 Å². The van der Waals surface area contributed by atoms with E-state index in [-0.39, 0.29) is 5.91 Å². The molecule has 9 heteroatoms. The largest absolute Gasteiger partial charge is 0.490 e. The second-order valence-corrected chi connectivity index (χ2v) is 7.77. The molecule has 0 aliphatic heterocycles. The SMILES string of the molecule is CCOc1cc(C=NNC(=O)C(=O)Nc2ccc(NC(C)=O)cc2)ccc1OCc1ccccc1C. The molecule has 3 rings (SSSR count). The predicted octanol–water partition coefficient (Wildman–Crippen LogP) is 4.02. The number of rotatable bonds is 9. The first-order valence-electron chi connectivity index (χ1n) is 11.3. The molecule has 9 nitrogen and oxygen atoms in total. The number of hydrogen-bond donors (Lipinski definition) is 3. The first-order chi connectivity index (χ1) is 17.4. The second kappa shape index (κ2) is 12.7. The molecule has 3 amide bonds. The average Bonchev–Trinajstić information content (AvgIpc) is 2.85. The summed E-state index contributed by atoms with van der Waals surface area (Å²) in [5.74, 6) is -0.886. The van der Waals surface area contributed by atoms with Crippen molar-refractivity contribution in [2.45, 2.75) is 27.4 Å². The van der Waals surface area contributed by atoms with Gasteiger partial charge in [-0.15, -0.1) is 0 Å². The zero-order valence-corrected chi connectivity index (χ0v) is 20.3. The highest BCUT2D eigenvalue weighted by Crippen LogP contribution is 2.29. The standard InChI is InChI=1S/C27H28N4O5/c1-4-35-25-15-20(9-14-24(25)36-17-21-8-6-5-7-18(21)2)16-28-31-27(34)26(33)30-23-12-10-22(11-13-23)29-19(3)32/h5-16H,4,17H2,1-3H3,(H,29,32)(H,30,33)(H,31,34). The Balaban J connectivity index is 1.56. The van der Waals surface area contributed by atoms with Gasteiger partial charge in [0.2, 0.25) is 5.91 Å². The summed E-state index contributed by atoms with van der Waals surface area (Å²) >= 11 is 0. The van der Waals surface area contributed by atoms with Crippen molar-refractivity contribution in [3.8, 4) is 11.5 Å². The third kappa shape index (κ3) is 7.69. The van der Waals surface area contributed by atoms with Crippen molar-refractivity contribution in [1.29, 1.82) is 0 Å². The summed E-state index contributed by atoms with van der Waals surface area (Å²) < 4.78 is 11.7. The number of anilines is 2. The van der Waals surface area contributed by atoms with E-state index in [1.165, 1.54) is 13.1 Å². The Kier molecular flexibility index (Phi) is 9.16. The third-order valence-electron chi connectivity index (χ3n) is 4.96. The summed E-state index contributed by atoms with van der Waals surface area (Å²) in [4.78, 5) is 35.3. The third-order valence-corrected chi connectivity index (χ3v) is 4.96. The van der Waals surface area contributed by atoms with Crippen LogP contribution in [0, 0.1) is 6.92 Å². The van der Waals surface area contributed by atoms with E-state index in [0.717, 1.165) is 11.1 Å². The number of benzene rings is 3. The van der Waals surface area contributed by atoms with E-state index in [4.69, 9.17) is 9.47 Å². The molecule has 186 valence electrons. The Labute approximate surface area is 209 Å². The van der Waals surface area contributed by atoms with Gasteiger partial charge in [-0.25, -0.2) is 5.43 Å². The molecule has 3 N–H and O–H groups in total. The summed E-state index contributed by atoms with van der Waals surface area (Å²) in [5, 5.41) is 8.94. The highest BCUT2D eigenvalue weighted by molar-refractivity contribution is 6.39. The normalized spacial score (nSPS) is 10.5. The van der Waals surface area contributed by atoms with Crippen molar-refractivity contribution < 1.29 is 23.9 Å². The van der Waals surface area contributed by atoms with E-state index in [2.05, 4.69) is 21.2 Å². The average molecular weight is 489 g/mol. The molecule has 0 radical (unpaired) electrons. The summed E-state index contributed by atoms with van der Waals surface area (Å²) in [7, 11) is 0. The zero-order chi connectivity index (χ0) is 25.9. The smallest absolute Gasteiger partial charge is 0.329 e. The molecule has 0 unspecified atom stereocenters. The number of carbonyl (C=O) groups excluding carboxylic acids is 3. The van der Waals surface area contributed by atoms with Crippen LogP contribution in [0.15, 0.2) is 71.8 Å². The Bertz CT molecular complexity index is 1260. The first-order valence-corrected chi connectivity index (χ1v) is 11.3. The van der Waals surface area contributed by atoms with Crippen LogP contribution in [0.2, 0.25) is 0 Å². The van der Waals surface area contributed by atoms with Crippen molar-refractivity contribution in [1.82, 2.24) is 5.43 Å². The Morgan fingerprint density at radius 2 is 1.56 bits per heavy atom. The molecule has 3 aromatic carbocycles. The summed E-state index contributed by atoms with van der Waals surface area (Å²) in [6, 6.07) is 19.6. The van der Waals surface area contributed by atoms with Crippen LogP contribution in [0.3, 0.4) is 0 Å². The Hall–Kier alpha value is -4.66. The van der Waals surface area contributed by atoms with E-state index >= 15 is 0 Å². The molecule has 0 aromatic heterocycles. The molecule has 0 saturated heterocycles. The molecule has 0 aliphatic rings. The quantitative estimate of drug-likeness (QED) is 0.239. The highest BCUT2D eigenvalue weighted by atomic mass is 16.5. The number of nitrogens with zero attached hydrogens (tertiary/aromatic N) is 1. The van der Waals surface area contributed by atoms with Gasteiger partial charge in [0.1, 0.15) is 6.61 Å². The molecule has 0 bridgehead atoms. The highest BCUT2D eigenvalue weighted by Gasteiger charge is 2.13. The van der Waals surface area contributed by atoms with Crippen LogP contribution >= 0.6 is 0 Å². The molecule has 0 heterocycles. The lowest BCUT2D eigenvalue weighted by Crippen LogP contribution is -2.32. The van der Waals surface area contributed by atoms with Gasteiger partial charge in [0.15, 0.2) is 11.5 Å². The zero-order valence-electron chi connectivity index (χ0n) is 20.3. The van der Waals surface area contributed by atoms with Crippen LogP contribution in [-0.2, 0) is 21.0 Å². The maximum Gasteiger partial charge on any atom is 0.329 e. The van der Waals surface area contributed by atoms with Crippen molar-refractivity contribution in [2.24, 2.45) is 5.10 Å². The van der Waals surface area contributed by atoms with Crippen molar-refractivity contribution in [3.63, 3.8) is 0 Å². The summed E-state index contributed by atoms with van der Waals surface area (Å²) in [5.41, 5.74) is 6.04. The molecule has 0 saturated carbocycles. The lowest BCUT2D eigenvalue weighted by Gasteiger charge is -2.13. The fourth-order valence-corrected chi connectivity index (χ4v) is 3.16. The van der Waals surface area contributed by atoms with Crippen molar-refractivity contribution >= 4 is 35.3 Å². The molecule has 3 aromatic rings. The monoisotopic (exact) mass is 488 g/mol. The topological polar surface area (TPSA) is 118 Å². The number of aryl methyl sites for hydroxylation is 1. The van der Waals surface area contributed by atoms with E-state index in [0.29, 0.717) is 41.7 Å². The molecule has 0 aliphatic carbocycles. The van der Waals surface area contributed by atoms with Crippen LogP contribution in [0.4, 0.5) is 11.4 Å². The van der Waals surface area contributed by atoms with Crippen LogP contribution in [0.1, 0.15) is 30.5 Å². The van der Waals surface area contributed by atoms with E-state index in [9.17, 15) is 14.4 Å². The lowest BCUT2D eigenvalue weighted by molar-refractivity contribution is -0.136. The fraction of sp³-hybridized carbons (Fsp3) is 0.185. The fourth-order valence-electron chi connectivity index (χ4n) is 3.16. The molecular weight excluding hydrogens is 460 g/mol. The molecule has 0 fully saturated rings. The first kappa shape index (κ1) is 26.0. The van der Waals surface area contributed by atoms with Gasteiger partial charge in [0.25, 0.3) is 0 Å². The van der Waals surface area contributed by atoms with Crippen LogP contribution in [0.5, 0.6) is 11.5 Å². The molecule has 0 atom stereocenters. The predicted molar refractivity (Wildman–Crippen MR) is 138 cm³/mol. The number of hydrogen-bond acceptors (Lipinski definition) is 6. The molecule has 0 spiro atoms. The summed E-state index contributed by atoms with van der Waals surface area (Å²) in [6.45, 7) is 6.15. The van der Waals surface area contributed by atoms with Crippen LogP contribution in [0.25, 0.3) is 0 Å². The minimum absolute atomic E-state index is 0.207. The van der Waals surface area contributed by atoms with Crippen LogP contribution < -0.4 is 25.5 Å². The van der Waals surface area contributed by atoms with E-state index < -0.39 is 11.8 Å². The van der Waals surface area contributed by atoms with Gasteiger partial charge in [-0.2, -0.15) is 5.10 Å². The maximum atomic E-state index is 12.1. The van der Waals surface area contributed by atoms with Gasteiger partial charge in [-0.05, 0) is 73.0 Å².